The van der Waals surface area contributed by atoms with Gasteiger partial charge in [-0.15, -0.1) is 0 Å². The van der Waals surface area contributed by atoms with Crippen molar-refractivity contribution in [3.8, 4) is 0 Å². The van der Waals surface area contributed by atoms with Gasteiger partial charge >= 0.3 is 0 Å². The van der Waals surface area contributed by atoms with E-state index in [1.54, 1.807) is 6.92 Å². The average molecular weight is 142 g/mol. The van der Waals surface area contributed by atoms with Gasteiger partial charge < -0.3 is 11.1 Å². The Morgan fingerprint density at radius 3 is 2.80 bits per heavy atom. The summed E-state index contributed by atoms with van der Waals surface area (Å²) in [6, 6.07) is 0. The first kappa shape index (κ1) is 7.50. The van der Waals surface area contributed by atoms with Crippen LogP contribution in [0.3, 0.4) is 0 Å². The van der Waals surface area contributed by atoms with Crippen LogP contribution in [-0.2, 0) is 4.79 Å². The Hall–Kier alpha value is -0.610. The number of piperazine rings is 1. The highest BCUT2D eigenvalue weighted by Crippen LogP contribution is 2.04. The summed E-state index contributed by atoms with van der Waals surface area (Å²) in [5, 5.41) is 7.19. The third-order valence-corrected chi connectivity index (χ3v) is 1.75. The number of carbonyl (C=O) groups excluding carboxylic acids is 1. The van der Waals surface area contributed by atoms with E-state index in [4.69, 9.17) is 5.73 Å². The Bertz CT molecular complexity index is 140. The van der Waals surface area contributed by atoms with E-state index in [0.717, 1.165) is 6.54 Å². The first-order valence-corrected chi connectivity index (χ1v) is 3.34. The quantitative estimate of drug-likeness (QED) is 0.465. The standard InChI is InChI=1S/C6H12N3O/c1-6(5(7)10)4-8-2-3-9-6/h8H,2-4H2,1H3,(H2,7,10). The normalized spacial score (nSPS) is 33.7. The Morgan fingerprint density at radius 2 is 2.50 bits per heavy atom. The van der Waals surface area contributed by atoms with Crippen molar-refractivity contribution in [2.45, 2.75) is 12.5 Å². The van der Waals surface area contributed by atoms with E-state index in [9.17, 15) is 4.79 Å². The number of hydrogen-bond acceptors (Lipinski definition) is 2. The number of rotatable bonds is 1. The van der Waals surface area contributed by atoms with E-state index in [0.29, 0.717) is 13.1 Å². The molecule has 10 heavy (non-hydrogen) atoms. The van der Waals surface area contributed by atoms with E-state index < -0.39 is 5.54 Å². The van der Waals surface area contributed by atoms with Crippen LogP contribution in [0.2, 0.25) is 0 Å². The molecule has 3 N–H and O–H groups in total. The van der Waals surface area contributed by atoms with Gasteiger partial charge in [-0.2, -0.15) is 0 Å². The lowest BCUT2D eigenvalue weighted by atomic mass is 10.00. The van der Waals surface area contributed by atoms with E-state index in [1.807, 2.05) is 0 Å². The van der Waals surface area contributed by atoms with Crippen LogP contribution in [0.5, 0.6) is 0 Å². The van der Waals surface area contributed by atoms with Crippen molar-refractivity contribution >= 4 is 5.91 Å². The predicted molar refractivity (Wildman–Crippen MR) is 37.5 cm³/mol. The zero-order chi connectivity index (χ0) is 7.61. The number of nitrogens with one attached hydrogen (secondary N) is 1. The maximum Gasteiger partial charge on any atom is 0.240 e. The molecule has 1 aliphatic heterocycles. The van der Waals surface area contributed by atoms with Crippen molar-refractivity contribution in [1.82, 2.24) is 10.6 Å². The van der Waals surface area contributed by atoms with Gasteiger partial charge in [-0.3, -0.25) is 4.79 Å². The van der Waals surface area contributed by atoms with Crippen LogP contribution < -0.4 is 16.4 Å². The molecule has 0 aromatic heterocycles. The van der Waals surface area contributed by atoms with Crippen LogP contribution in [-0.4, -0.2) is 31.1 Å². The molecule has 1 radical (unpaired) electrons. The van der Waals surface area contributed by atoms with Crippen LogP contribution in [0, 0.1) is 0 Å². The molecule has 0 aromatic rings. The third-order valence-electron chi connectivity index (χ3n) is 1.75. The second kappa shape index (κ2) is 2.56. The Labute approximate surface area is 60.2 Å². The maximum absolute atomic E-state index is 10.8. The van der Waals surface area contributed by atoms with Gasteiger partial charge in [-0.1, -0.05) is 0 Å². The van der Waals surface area contributed by atoms with Crippen molar-refractivity contribution in [1.29, 1.82) is 0 Å². The molecule has 0 spiro atoms. The largest absolute Gasteiger partial charge is 0.368 e. The molecule has 0 saturated carbocycles. The van der Waals surface area contributed by atoms with E-state index >= 15 is 0 Å². The minimum atomic E-state index is -0.668. The number of carbonyl (C=O) groups is 1. The zero-order valence-electron chi connectivity index (χ0n) is 6.05. The second-order valence-electron chi connectivity index (χ2n) is 2.70. The SMILES string of the molecule is CC1(C(N)=O)CNCC[N]1. The van der Waals surface area contributed by atoms with E-state index in [-0.39, 0.29) is 5.91 Å². The minimum absolute atomic E-state index is 0.347. The number of amides is 1. The van der Waals surface area contributed by atoms with Crippen LogP contribution in [0.4, 0.5) is 0 Å². The first-order valence-electron chi connectivity index (χ1n) is 3.34. The molecule has 57 valence electrons. The van der Waals surface area contributed by atoms with Gasteiger partial charge in [-0.25, -0.2) is 5.32 Å². The molecule has 0 aliphatic carbocycles. The highest BCUT2D eigenvalue weighted by atomic mass is 16.1. The van der Waals surface area contributed by atoms with Crippen LogP contribution in [0.1, 0.15) is 6.92 Å². The molecule has 0 aromatic carbocycles. The molecule has 1 amide bonds. The summed E-state index contributed by atoms with van der Waals surface area (Å²) in [5.41, 5.74) is 4.46. The fraction of sp³-hybridized carbons (Fsp3) is 0.833. The molecule has 1 saturated heterocycles. The molecular formula is C6H12N3O. The molecular weight excluding hydrogens is 130 g/mol. The van der Waals surface area contributed by atoms with Gasteiger partial charge in [0.25, 0.3) is 0 Å². The molecule has 0 bridgehead atoms. The van der Waals surface area contributed by atoms with E-state index in [2.05, 4.69) is 10.6 Å². The van der Waals surface area contributed by atoms with Gasteiger partial charge in [-0.05, 0) is 6.92 Å². The Kier molecular flexibility index (Phi) is 1.92. The fourth-order valence-electron chi connectivity index (χ4n) is 0.934. The van der Waals surface area contributed by atoms with Crippen molar-refractivity contribution in [2.24, 2.45) is 5.73 Å². The highest BCUT2D eigenvalue weighted by Gasteiger charge is 2.33. The summed E-state index contributed by atoms with van der Waals surface area (Å²) in [7, 11) is 0. The monoisotopic (exact) mass is 142 g/mol. The van der Waals surface area contributed by atoms with E-state index in [1.165, 1.54) is 0 Å². The molecule has 1 aliphatic rings. The van der Waals surface area contributed by atoms with Gasteiger partial charge in [0.15, 0.2) is 0 Å². The zero-order valence-corrected chi connectivity index (χ0v) is 6.05. The average Bonchev–Trinajstić information content (AvgIpc) is 1.89. The Morgan fingerprint density at radius 1 is 1.80 bits per heavy atom. The van der Waals surface area contributed by atoms with Crippen LogP contribution in [0.25, 0.3) is 0 Å². The second-order valence-corrected chi connectivity index (χ2v) is 2.70. The molecule has 1 rings (SSSR count). The van der Waals surface area contributed by atoms with Crippen molar-refractivity contribution in [2.75, 3.05) is 19.6 Å². The summed E-state index contributed by atoms with van der Waals surface area (Å²) in [5.74, 6) is -0.347. The molecule has 4 heteroatoms. The minimum Gasteiger partial charge on any atom is -0.368 e. The number of nitrogens with zero attached hydrogens (tertiary/aromatic N) is 1. The lowest BCUT2D eigenvalue weighted by Gasteiger charge is -2.30. The molecule has 1 heterocycles. The smallest absolute Gasteiger partial charge is 0.240 e. The predicted octanol–water partition coefficient (Wildman–Crippen LogP) is -1.56. The van der Waals surface area contributed by atoms with Crippen LogP contribution >= 0.6 is 0 Å². The number of nitrogens with two attached hydrogens (primary N) is 1. The topological polar surface area (TPSA) is 69.2 Å². The number of primary amides is 1. The fourth-order valence-corrected chi connectivity index (χ4v) is 0.934. The lowest BCUT2D eigenvalue weighted by molar-refractivity contribution is -0.124. The number of hydrogen-bond donors (Lipinski definition) is 2. The summed E-state index contributed by atoms with van der Waals surface area (Å²) >= 11 is 0. The summed E-state index contributed by atoms with van der Waals surface area (Å²) in [4.78, 5) is 10.8. The third kappa shape index (κ3) is 1.27. The van der Waals surface area contributed by atoms with Gasteiger partial charge in [0, 0.05) is 19.6 Å². The maximum atomic E-state index is 10.8. The van der Waals surface area contributed by atoms with Gasteiger partial charge in [0.2, 0.25) is 5.91 Å². The highest BCUT2D eigenvalue weighted by molar-refractivity contribution is 5.84. The molecule has 4 nitrogen and oxygen atoms in total. The molecule has 1 fully saturated rings. The van der Waals surface area contributed by atoms with Gasteiger partial charge in [0.05, 0.1) is 0 Å². The summed E-state index contributed by atoms with van der Waals surface area (Å²) < 4.78 is 0. The lowest BCUT2D eigenvalue weighted by Crippen LogP contribution is -2.60. The molecule has 1 atom stereocenters. The Balaban J connectivity index is 2.56. The molecule has 1 unspecified atom stereocenters. The van der Waals surface area contributed by atoms with Gasteiger partial charge in [0.1, 0.15) is 5.54 Å². The first-order chi connectivity index (χ1) is 4.65. The van der Waals surface area contributed by atoms with Crippen molar-refractivity contribution in [3.63, 3.8) is 0 Å². The van der Waals surface area contributed by atoms with Crippen molar-refractivity contribution in [3.05, 3.63) is 0 Å². The summed E-state index contributed by atoms with van der Waals surface area (Å²) in [6.07, 6.45) is 0. The summed E-state index contributed by atoms with van der Waals surface area (Å²) in [6.45, 7) is 3.85. The van der Waals surface area contributed by atoms with Crippen LogP contribution in [0.15, 0.2) is 0 Å². The van der Waals surface area contributed by atoms with Crippen molar-refractivity contribution < 1.29 is 4.79 Å².